The molecule has 0 heterocycles. The third-order valence-electron chi connectivity index (χ3n) is 2.33. The van der Waals surface area contributed by atoms with Gasteiger partial charge in [0.25, 0.3) is 0 Å². The van der Waals surface area contributed by atoms with E-state index in [1.165, 1.54) is 4.90 Å². The van der Waals surface area contributed by atoms with Crippen LogP contribution in [0.5, 0.6) is 0 Å². The zero-order valence-corrected chi connectivity index (χ0v) is 11.6. The first-order valence-electron chi connectivity index (χ1n) is 5.60. The van der Waals surface area contributed by atoms with Crippen LogP contribution in [0.4, 0.5) is 5.69 Å². The third-order valence-corrected chi connectivity index (χ3v) is 3.72. The van der Waals surface area contributed by atoms with Crippen molar-refractivity contribution in [2.75, 3.05) is 12.4 Å². The fraction of sp³-hybridized carbons (Fsp3) is 0.0714. The number of anilines is 1. The van der Waals surface area contributed by atoms with Crippen LogP contribution in [0, 0.1) is 0 Å². The third kappa shape index (κ3) is 3.48. The average molecular weight is 274 g/mol. The summed E-state index contributed by atoms with van der Waals surface area (Å²) in [6, 6.07) is 18.4. The van der Waals surface area contributed by atoms with Crippen LogP contribution in [0.1, 0.15) is 0 Å². The highest BCUT2D eigenvalue weighted by Crippen LogP contribution is 2.32. The molecule has 0 bridgehead atoms. The van der Waals surface area contributed by atoms with E-state index in [2.05, 4.69) is 28.8 Å². The van der Waals surface area contributed by atoms with Gasteiger partial charge in [0, 0.05) is 16.8 Å². The van der Waals surface area contributed by atoms with E-state index in [0.717, 1.165) is 10.6 Å². The van der Waals surface area contributed by atoms with Crippen molar-refractivity contribution < 1.29 is 0 Å². The molecule has 0 fully saturated rings. The standard InChI is InChI=1S/C14H14N2S2/c1-15-14(17)16-12-9-5-6-10-13(12)18-11-7-3-2-4-8-11/h2-10H,1H3,(H2,15,16,17). The van der Waals surface area contributed by atoms with Gasteiger partial charge in [0.2, 0.25) is 0 Å². The molecule has 4 heteroatoms. The fourth-order valence-electron chi connectivity index (χ4n) is 1.46. The van der Waals surface area contributed by atoms with Crippen LogP contribution in [-0.4, -0.2) is 12.2 Å². The fourth-order valence-corrected chi connectivity index (χ4v) is 2.49. The lowest BCUT2D eigenvalue weighted by Crippen LogP contribution is -2.24. The van der Waals surface area contributed by atoms with Crippen LogP contribution in [-0.2, 0) is 0 Å². The quantitative estimate of drug-likeness (QED) is 0.832. The Bertz CT molecular complexity index is 526. The maximum absolute atomic E-state index is 5.13. The highest BCUT2D eigenvalue weighted by molar-refractivity contribution is 7.99. The molecular formula is C14H14N2S2. The van der Waals surface area contributed by atoms with Crippen LogP contribution in [0.25, 0.3) is 0 Å². The second-order valence-electron chi connectivity index (χ2n) is 3.62. The van der Waals surface area contributed by atoms with E-state index in [1.54, 1.807) is 11.8 Å². The van der Waals surface area contributed by atoms with Crippen LogP contribution in [0.3, 0.4) is 0 Å². The van der Waals surface area contributed by atoms with Crippen LogP contribution >= 0.6 is 24.0 Å². The molecule has 0 aliphatic carbocycles. The number of hydrogen-bond donors (Lipinski definition) is 2. The van der Waals surface area contributed by atoms with Gasteiger partial charge in [0.1, 0.15) is 0 Å². The molecule has 0 spiro atoms. The van der Waals surface area contributed by atoms with Crippen molar-refractivity contribution in [1.29, 1.82) is 0 Å². The highest BCUT2D eigenvalue weighted by atomic mass is 32.2. The number of rotatable bonds is 3. The van der Waals surface area contributed by atoms with E-state index in [4.69, 9.17) is 12.2 Å². The molecule has 18 heavy (non-hydrogen) atoms. The number of hydrogen-bond acceptors (Lipinski definition) is 2. The van der Waals surface area contributed by atoms with Gasteiger partial charge in [-0.2, -0.15) is 0 Å². The molecule has 0 radical (unpaired) electrons. The summed E-state index contributed by atoms with van der Waals surface area (Å²) >= 11 is 6.85. The minimum absolute atomic E-state index is 0.621. The van der Waals surface area contributed by atoms with Gasteiger partial charge in [-0.3, -0.25) is 0 Å². The normalized spacial score (nSPS) is 9.83. The summed E-state index contributed by atoms with van der Waals surface area (Å²) in [6.07, 6.45) is 0. The lowest BCUT2D eigenvalue weighted by Gasteiger charge is -2.11. The topological polar surface area (TPSA) is 24.1 Å². The molecule has 92 valence electrons. The van der Waals surface area contributed by atoms with Crippen molar-refractivity contribution in [3.05, 3.63) is 54.6 Å². The summed E-state index contributed by atoms with van der Waals surface area (Å²) < 4.78 is 0. The van der Waals surface area contributed by atoms with E-state index >= 15 is 0 Å². The van der Waals surface area contributed by atoms with E-state index < -0.39 is 0 Å². The minimum atomic E-state index is 0.621. The summed E-state index contributed by atoms with van der Waals surface area (Å²) in [5, 5.41) is 6.72. The molecule has 2 nitrogen and oxygen atoms in total. The molecular weight excluding hydrogens is 260 g/mol. The average Bonchev–Trinajstić information content (AvgIpc) is 2.42. The Balaban J connectivity index is 2.20. The molecule has 0 aliphatic heterocycles. The predicted molar refractivity (Wildman–Crippen MR) is 82.3 cm³/mol. The Kier molecular flexibility index (Phi) is 4.61. The first-order chi connectivity index (χ1) is 8.79. The number of thiocarbonyl (C=S) groups is 1. The van der Waals surface area contributed by atoms with Gasteiger partial charge in [-0.05, 0) is 36.5 Å². The van der Waals surface area contributed by atoms with Crippen LogP contribution < -0.4 is 10.6 Å². The molecule has 0 amide bonds. The smallest absolute Gasteiger partial charge is 0.170 e. The van der Waals surface area contributed by atoms with E-state index in [-0.39, 0.29) is 0 Å². The summed E-state index contributed by atoms with van der Waals surface area (Å²) in [5.41, 5.74) is 1.02. The number of para-hydroxylation sites is 1. The zero-order chi connectivity index (χ0) is 12.8. The second kappa shape index (κ2) is 6.42. The summed E-state index contributed by atoms with van der Waals surface area (Å²) in [5.74, 6) is 0. The zero-order valence-electron chi connectivity index (χ0n) is 10.0. The van der Waals surface area contributed by atoms with E-state index in [1.807, 2.05) is 43.4 Å². The van der Waals surface area contributed by atoms with E-state index in [9.17, 15) is 0 Å². The molecule has 0 saturated heterocycles. The minimum Gasteiger partial charge on any atom is -0.366 e. The van der Waals surface area contributed by atoms with Crippen molar-refractivity contribution in [2.45, 2.75) is 9.79 Å². The molecule has 0 aliphatic rings. The Morgan fingerprint density at radius 1 is 1.00 bits per heavy atom. The number of nitrogens with one attached hydrogen (secondary N) is 2. The SMILES string of the molecule is CNC(=S)Nc1ccccc1Sc1ccccc1. The summed E-state index contributed by atoms with van der Waals surface area (Å²) in [7, 11) is 1.81. The molecule has 0 atom stereocenters. The predicted octanol–water partition coefficient (Wildman–Crippen LogP) is 3.75. The van der Waals surface area contributed by atoms with Crippen molar-refractivity contribution in [1.82, 2.24) is 5.32 Å². The molecule has 0 aromatic heterocycles. The van der Waals surface area contributed by atoms with Crippen LogP contribution in [0.15, 0.2) is 64.4 Å². The van der Waals surface area contributed by atoms with Gasteiger partial charge in [0.15, 0.2) is 5.11 Å². The summed E-state index contributed by atoms with van der Waals surface area (Å²) in [4.78, 5) is 2.36. The monoisotopic (exact) mass is 274 g/mol. The maximum atomic E-state index is 5.13. The highest BCUT2D eigenvalue weighted by Gasteiger charge is 2.04. The molecule has 2 aromatic rings. The summed E-state index contributed by atoms with van der Waals surface area (Å²) in [6.45, 7) is 0. The molecule has 2 rings (SSSR count). The van der Waals surface area contributed by atoms with Gasteiger partial charge < -0.3 is 10.6 Å². The van der Waals surface area contributed by atoms with Gasteiger partial charge in [-0.1, -0.05) is 42.1 Å². The van der Waals surface area contributed by atoms with Crippen molar-refractivity contribution in [3.63, 3.8) is 0 Å². The maximum Gasteiger partial charge on any atom is 0.170 e. The molecule has 2 N–H and O–H groups in total. The Labute approximate surface area is 117 Å². The van der Waals surface area contributed by atoms with Gasteiger partial charge in [-0.25, -0.2) is 0 Å². The molecule has 0 saturated carbocycles. The van der Waals surface area contributed by atoms with Crippen molar-refractivity contribution in [2.24, 2.45) is 0 Å². The Hall–Kier alpha value is -1.52. The second-order valence-corrected chi connectivity index (χ2v) is 5.14. The molecule has 2 aromatic carbocycles. The Morgan fingerprint density at radius 3 is 2.39 bits per heavy atom. The number of benzene rings is 2. The largest absolute Gasteiger partial charge is 0.366 e. The van der Waals surface area contributed by atoms with E-state index in [0.29, 0.717) is 5.11 Å². The van der Waals surface area contributed by atoms with Gasteiger partial charge in [-0.15, -0.1) is 0 Å². The molecule has 0 unspecified atom stereocenters. The first-order valence-corrected chi connectivity index (χ1v) is 6.83. The van der Waals surface area contributed by atoms with Crippen molar-refractivity contribution >= 4 is 34.8 Å². The lowest BCUT2D eigenvalue weighted by molar-refractivity contribution is 1.19. The van der Waals surface area contributed by atoms with Crippen molar-refractivity contribution in [3.8, 4) is 0 Å². The lowest BCUT2D eigenvalue weighted by atomic mass is 10.3. The first kappa shape index (κ1) is 12.9. The Morgan fingerprint density at radius 2 is 1.67 bits per heavy atom. The van der Waals surface area contributed by atoms with Gasteiger partial charge >= 0.3 is 0 Å². The van der Waals surface area contributed by atoms with Gasteiger partial charge in [0.05, 0.1) is 5.69 Å². The van der Waals surface area contributed by atoms with Crippen LogP contribution in [0.2, 0.25) is 0 Å².